The van der Waals surface area contributed by atoms with Crippen molar-refractivity contribution in [2.45, 2.75) is 55.4 Å². The summed E-state index contributed by atoms with van der Waals surface area (Å²) in [6, 6.07) is 9.39. The van der Waals surface area contributed by atoms with E-state index in [4.69, 9.17) is 24.2 Å². The molecular weight excluding hydrogens is 649 g/mol. The maximum Gasteiger partial charge on any atom is 0.305 e. The van der Waals surface area contributed by atoms with Crippen LogP contribution < -0.4 is 0 Å². The Kier molecular flexibility index (Phi) is 13.4. The van der Waals surface area contributed by atoms with E-state index < -0.39 is 46.3 Å². The molecule has 0 bridgehead atoms. The number of hydrogen-bond donors (Lipinski definition) is 0. The normalized spacial score (nSPS) is 18.3. The van der Waals surface area contributed by atoms with E-state index in [2.05, 4.69) is 10.1 Å². The summed E-state index contributed by atoms with van der Waals surface area (Å²) in [5.74, 6) is -3.09. The molecule has 0 aliphatic carbocycles. The molecule has 10 nitrogen and oxygen atoms in total. The first-order valence-corrected chi connectivity index (χ1v) is 16.0. The van der Waals surface area contributed by atoms with Gasteiger partial charge in [0, 0.05) is 35.8 Å². The van der Waals surface area contributed by atoms with Crippen molar-refractivity contribution in [2.24, 2.45) is 0 Å². The minimum Gasteiger partial charge on any atom is -0.466 e. The molecule has 0 saturated carbocycles. The molecule has 0 spiro atoms. The number of nitrogens with zero attached hydrogens (tertiary/aromatic N) is 4. The Morgan fingerprint density at radius 3 is 2.60 bits per heavy atom. The standard InChI is InChI=1S/C34H35F3N4O6S/c1-23(48-28-17-45-33(46-18-28)8-4-3-6-26-10-9-25(16-38)14-30(26)36)34(19-41-22-39-21-40-41,29-12-11-27(35)15-31(29)37)20-47-32(43)7-5-13-44-24(2)42/h3-4,6,8-12,14-15,21-23,28,33H,5,7,13,17-20H2,1-2H3/b6-3+,8-4+/t23-,28?,33?,34?/m1/s1. The van der Waals surface area contributed by atoms with Gasteiger partial charge in [-0.3, -0.25) is 14.3 Å². The maximum absolute atomic E-state index is 15.5. The van der Waals surface area contributed by atoms with Crippen LogP contribution in [0.5, 0.6) is 0 Å². The lowest BCUT2D eigenvalue weighted by atomic mass is 9.77. The highest BCUT2D eigenvalue weighted by Crippen LogP contribution is 2.41. The molecule has 2 aromatic carbocycles. The second-order valence-corrected chi connectivity index (χ2v) is 12.7. The lowest BCUT2D eigenvalue weighted by molar-refractivity contribution is -0.148. The number of halogens is 3. The number of benzene rings is 2. The highest BCUT2D eigenvalue weighted by molar-refractivity contribution is 8.00. The summed E-state index contributed by atoms with van der Waals surface area (Å²) in [7, 11) is 0. The fourth-order valence-corrected chi connectivity index (χ4v) is 6.46. The fourth-order valence-electron chi connectivity index (χ4n) is 5.04. The van der Waals surface area contributed by atoms with Gasteiger partial charge in [-0.1, -0.05) is 37.3 Å². The average Bonchev–Trinajstić information content (AvgIpc) is 3.57. The Morgan fingerprint density at radius 1 is 1.15 bits per heavy atom. The van der Waals surface area contributed by atoms with Gasteiger partial charge in [-0.05, 0) is 30.7 Å². The van der Waals surface area contributed by atoms with Crippen LogP contribution in [0.2, 0.25) is 0 Å². The van der Waals surface area contributed by atoms with Gasteiger partial charge in [0.05, 0.1) is 48.7 Å². The van der Waals surface area contributed by atoms with Crippen LogP contribution in [0.15, 0.2) is 67.3 Å². The molecule has 1 fully saturated rings. The summed E-state index contributed by atoms with van der Waals surface area (Å²) in [4.78, 5) is 27.8. The lowest BCUT2D eigenvalue weighted by Gasteiger charge is -2.41. The molecule has 2 heterocycles. The number of carbonyl (C=O) groups is 2. The van der Waals surface area contributed by atoms with Crippen LogP contribution in [-0.4, -0.2) is 69.9 Å². The minimum atomic E-state index is -1.23. The van der Waals surface area contributed by atoms with E-state index in [0.717, 1.165) is 12.1 Å². The SMILES string of the molecule is CC(=O)OCCCC(=O)OCC(Cn1cncn1)(c1ccc(F)cc1F)[C@@H](C)SC1COC(/C=C/C=C/c2ccc(C#N)cc2F)OC1. The number of thioether (sulfide) groups is 1. The third kappa shape index (κ3) is 10.3. The molecule has 1 saturated heterocycles. The van der Waals surface area contributed by atoms with E-state index in [1.165, 1.54) is 60.3 Å². The largest absolute Gasteiger partial charge is 0.466 e. The number of aromatic nitrogens is 3. The first kappa shape index (κ1) is 36.4. The van der Waals surface area contributed by atoms with Crippen molar-refractivity contribution in [2.75, 3.05) is 26.4 Å². The minimum absolute atomic E-state index is 0.0308. The number of esters is 2. The number of nitriles is 1. The first-order valence-electron chi connectivity index (χ1n) is 15.1. The highest BCUT2D eigenvalue weighted by Gasteiger charge is 2.44. The molecule has 48 heavy (non-hydrogen) atoms. The average molecular weight is 685 g/mol. The van der Waals surface area contributed by atoms with Gasteiger partial charge in [0.1, 0.15) is 36.7 Å². The molecule has 3 aromatic rings. The molecule has 1 aliphatic rings. The third-order valence-electron chi connectivity index (χ3n) is 7.55. The lowest BCUT2D eigenvalue weighted by Crippen LogP contribution is -2.47. The summed E-state index contributed by atoms with van der Waals surface area (Å²) in [6.45, 7) is 3.53. The van der Waals surface area contributed by atoms with Gasteiger partial charge < -0.3 is 18.9 Å². The van der Waals surface area contributed by atoms with Crippen LogP contribution >= 0.6 is 11.8 Å². The fraction of sp³-hybridized carbons (Fsp3) is 0.382. The maximum atomic E-state index is 15.5. The van der Waals surface area contributed by atoms with Gasteiger partial charge in [0.15, 0.2) is 6.29 Å². The first-order chi connectivity index (χ1) is 23.1. The monoisotopic (exact) mass is 684 g/mol. The van der Waals surface area contributed by atoms with Gasteiger partial charge in [0.25, 0.3) is 0 Å². The molecule has 14 heteroatoms. The van der Waals surface area contributed by atoms with Gasteiger partial charge in [-0.25, -0.2) is 18.2 Å². The Balaban J connectivity index is 1.45. The van der Waals surface area contributed by atoms with Crippen LogP contribution in [-0.2, 0) is 40.5 Å². The second kappa shape index (κ2) is 17.6. The Hall–Kier alpha value is -4.45. The van der Waals surface area contributed by atoms with Crippen LogP contribution in [0.25, 0.3) is 6.08 Å². The van der Waals surface area contributed by atoms with Crippen LogP contribution in [0, 0.1) is 28.8 Å². The Bertz CT molecular complexity index is 1640. The molecule has 1 unspecified atom stereocenters. The van der Waals surface area contributed by atoms with E-state index >= 15 is 4.39 Å². The smallest absolute Gasteiger partial charge is 0.305 e. The van der Waals surface area contributed by atoms with E-state index in [1.54, 1.807) is 24.3 Å². The number of hydrogen-bond acceptors (Lipinski definition) is 10. The molecule has 0 amide bonds. The van der Waals surface area contributed by atoms with Gasteiger partial charge in [0.2, 0.25) is 0 Å². The quantitative estimate of drug-likeness (QED) is 0.115. The molecule has 0 N–H and O–H groups in total. The zero-order chi connectivity index (χ0) is 34.5. The van der Waals surface area contributed by atoms with E-state index in [0.29, 0.717) is 5.56 Å². The van der Waals surface area contributed by atoms with E-state index in [9.17, 15) is 18.4 Å². The molecule has 1 aromatic heterocycles. The van der Waals surface area contributed by atoms with Gasteiger partial charge in [-0.15, -0.1) is 11.8 Å². The van der Waals surface area contributed by atoms with Crippen molar-refractivity contribution < 1.29 is 41.7 Å². The van der Waals surface area contributed by atoms with E-state index in [1.807, 2.05) is 13.0 Å². The predicted molar refractivity (Wildman–Crippen MR) is 171 cm³/mol. The van der Waals surface area contributed by atoms with Crippen molar-refractivity contribution in [3.8, 4) is 6.07 Å². The summed E-state index contributed by atoms with van der Waals surface area (Å²) < 4.78 is 67.6. The Labute approximate surface area is 280 Å². The summed E-state index contributed by atoms with van der Waals surface area (Å²) in [6.07, 6.45) is 8.88. The van der Waals surface area contributed by atoms with Crippen LogP contribution in [0.1, 0.15) is 43.4 Å². The second-order valence-electron chi connectivity index (χ2n) is 11.0. The number of allylic oxidation sites excluding steroid dienone is 2. The van der Waals surface area contributed by atoms with Crippen molar-refractivity contribution in [3.05, 3.63) is 101 Å². The van der Waals surface area contributed by atoms with Gasteiger partial charge in [-0.2, -0.15) is 10.4 Å². The van der Waals surface area contributed by atoms with Crippen molar-refractivity contribution >= 4 is 29.8 Å². The van der Waals surface area contributed by atoms with Crippen LogP contribution in [0.4, 0.5) is 13.2 Å². The molecular formula is C34H35F3N4O6S. The summed E-state index contributed by atoms with van der Waals surface area (Å²) in [5, 5.41) is 12.4. The van der Waals surface area contributed by atoms with Gasteiger partial charge >= 0.3 is 11.9 Å². The zero-order valence-electron chi connectivity index (χ0n) is 26.4. The zero-order valence-corrected chi connectivity index (χ0v) is 27.2. The number of rotatable bonds is 15. The molecule has 0 radical (unpaired) electrons. The van der Waals surface area contributed by atoms with Crippen molar-refractivity contribution in [3.63, 3.8) is 0 Å². The molecule has 2 atom stereocenters. The van der Waals surface area contributed by atoms with Crippen molar-refractivity contribution in [1.29, 1.82) is 5.26 Å². The number of ether oxygens (including phenoxy) is 4. The highest BCUT2D eigenvalue weighted by atomic mass is 32.2. The summed E-state index contributed by atoms with van der Waals surface area (Å²) in [5.41, 5.74) is -0.534. The predicted octanol–water partition coefficient (Wildman–Crippen LogP) is 5.52. The summed E-state index contributed by atoms with van der Waals surface area (Å²) >= 11 is 1.44. The van der Waals surface area contributed by atoms with Crippen molar-refractivity contribution in [1.82, 2.24) is 14.8 Å². The third-order valence-corrected chi connectivity index (χ3v) is 9.07. The Morgan fingerprint density at radius 2 is 1.94 bits per heavy atom. The molecule has 254 valence electrons. The molecule has 1 aliphatic heterocycles. The topological polar surface area (TPSA) is 126 Å². The van der Waals surface area contributed by atoms with E-state index in [-0.39, 0.29) is 62.2 Å². The molecule has 4 rings (SSSR count). The number of carbonyl (C=O) groups excluding carboxylic acids is 2. The van der Waals surface area contributed by atoms with Crippen LogP contribution in [0.3, 0.4) is 0 Å².